The molecular weight excluding hydrogens is 184 g/mol. The molecule has 0 atom stereocenters. The van der Waals surface area contributed by atoms with E-state index in [-0.39, 0.29) is 19.8 Å². The zero-order valence-electron chi connectivity index (χ0n) is 8.08. The number of hydrogen-bond acceptors (Lipinski definition) is 3. The molecule has 0 spiro atoms. The summed E-state index contributed by atoms with van der Waals surface area (Å²) in [6.45, 7) is 0. The monoisotopic (exact) mass is 204 g/mol. The molecule has 0 aromatic carbocycles. The average Bonchev–Trinajstić information content (AvgIpc) is 1.70. The second-order valence-corrected chi connectivity index (χ2v) is 1.50. The van der Waals surface area contributed by atoms with Gasteiger partial charge in [0.2, 0.25) is 0 Å². The van der Waals surface area contributed by atoms with Gasteiger partial charge in [0.15, 0.2) is 0 Å². The molecule has 10 heavy (non-hydrogen) atoms. The third kappa shape index (κ3) is 1800. The van der Waals surface area contributed by atoms with E-state index in [1.54, 1.807) is 0 Å². The standard InChI is InChI=1S/3C2H7N.Ga/c3*1-3-2;/h3*3H,1-2H3;. The molecule has 0 aromatic heterocycles. The Hall–Kier alpha value is 0.516. The van der Waals surface area contributed by atoms with Crippen LogP contribution in [-0.2, 0) is 0 Å². The van der Waals surface area contributed by atoms with E-state index in [9.17, 15) is 0 Å². The van der Waals surface area contributed by atoms with Gasteiger partial charge in [0.05, 0.1) is 0 Å². The van der Waals surface area contributed by atoms with E-state index in [0.717, 1.165) is 0 Å². The summed E-state index contributed by atoms with van der Waals surface area (Å²) in [6, 6.07) is 0. The van der Waals surface area contributed by atoms with Crippen molar-refractivity contribution in [1.82, 2.24) is 16.0 Å². The van der Waals surface area contributed by atoms with Crippen LogP contribution in [0, 0.1) is 0 Å². The fraction of sp³-hybridized carbons (Fsp3) is 1.00. The Morgan fingerprint density at radius 2 is 0.500 bits per heavy atom. The average molecular weight is 205 g/mol. The molecule has 3 N–H and O–H groups in total. The van der Waals surface area contributed by atoms with Crippen LogP contribution < -0.4 is 16.0 Å². The largest absolute Gasteiger partial charge is 0.323 e. The zero-order chi connectivity index (χ0) is 8.12. The Morgan fingerprint density at radius 1 is 0.500 bits per heavy atom. The molecule has 4 heteroatoms. The maximum atomic E-state index is 2.75. The van der Waals surface area contributed by atoms with Crippen molar-refractivity contribution >= 4 is 19.8 Å². The van der Waals surface area contributed by atoms with E-state index in [1.165, 1.54) is 0 Å². The molecule has 0 aromatic rings. The summed E-state index contributed by atoms with van der Waals surface area (Å²) in [4.78, 5) is 0. The third-order valence-electron chi connectivity index (χ3n) is 0. The fourth-order valence-electron chi connectivity index (χ4n) is 0. The number of rotatable bonds is 0. The summed E-state index contributed by atoms with van der Waals surface area (Å²) in [5.74, 6) is 0. The molecule has 3 radical (unpaired) electrons. The van der Waals surface area contributed by atoms with Gasteiger partial charge in [0.25, 0.3) is 0 Å². The Labute approximate surface area is 78.4 Å². The molecule has 0 saturated carbocycles. The third-order valence-corrected chi connectivity index (χ3v) is 0. The normalized spacial score (nSPS) is 5.40. The van der Waals surface area contributed by atoms with Crippen molar-refractivity contribution in [2.24, 2.45) is 0 Å². The number of hydrogen-bond donors (Lipinski definition) is 3. The quantitative estimate of drug-likeness (QED) is 0.449. The summed E-state index contributed by atoms with van der Waals surface area (Å²) in [5.41, 5.74) is 0. The molecule has 0 aliphatic carbocycles. The van der Waals surface area contributed by atoms with E-state index in [4.69, 9.17) is 0 Å². The van der Waals surface area contributed by atoms with Gasteiger partial charge in [-0.25, -0.2) is 0 Å². The van der Waals surface area contributed by atoms with Crippen molar-refractivity contribution in [3.05, 3.63) is 0 Å². The number of nitrogens with one attached hydrogen (secondary N) is 3. The summed E-state index contributed by atoms with van der Waals surface area (Å²) in [7, 11) is 11.2. The summed E-state index contributed by atoms with van der Waals surface area (Å²) >= 11 is 0. The molecule has 0 aliphatic rings. The van der Waals surface area contributed by atoms with Crippen LogP contribution in [0.1, 0.15) is 0 Å². The maximum Gasteiger partial charge on any atom is 0 e. The first-order valence-corrected chi connectivity index (χ1v) is 3.00. The Kier molecular flexibility index (Phi) is 125. The van der Waals surface area contributed by atoms with Crippen molar-refractivity contribution in [3.63, 3.8) is 0 Å². The zero-order valence-corrected chi connectivity index (χ0v) is 10.5. The van der Waals surface area contributed by atoms with E-state index in [1.807, 2.05) is 42.3 Å². The van der Waals surface area contributed by atoms with Crippen molar-refractivity contribution in [3.8, 4) is 0 Å². The van der Waals surface area contributed by atoms with Crippen molar-refractivity contribution < 1.29 is 0 Å². The van der Waals surface area contributed by atoms with Crippen molar-refractivity contribution in [2.45, 2.75) is 0 Å². The second-order valence-electron chi connectivity index (χ2n) is 1.50. The predicted molar refractivity (Wildman–Crippen MR) is 50.7 cm³/mol. The molecule has 0 aliphatic heterocycles. The molecule has 0 unspecified atom stereocenters. The molecule has 0 amide bonds. The molecule has 0 fully saturated rings. The van der Waals surface area contributed by atoms with Crippen molar-refractivity contribution in [2.75, 3.05) is 42.3 Å². The van der Waals surface area contributed by atoms with Gasteiger partial charge in [0, 0.05) is 19.8 Å². The topological polar surface area (TPSA) is 36.1 Å². The van der Waals surface area contributed by atoms with Crippen LogP contribution in [-0.4, -0.2) is 62.1 Å². The molecule has 0 rings (SSSR count). The van der Waals surface area contributed by atoms with Crippen LogP contribution in [0.3, 0.4) is 0 Å². The van der Waals surface area contributed by atoms with Gasteiger partial charge >= 0.3 is 0 Å². The predicted octanol–water partition coefficient (Wildman–Crippen LogP) is -0.874. The molecule has 0 heterocycles. The maximum absolute atomic E-state index is 2.75. The van der Waals surface area contributed by atoms with Gasteiger partial charge in [-0.3, -0.25) is 0 Å². The van der Waals surface area contributed by atoms with Crippen molar-refractivity contribution in [1.29, 1.82) is 0 Å². The van der Waals surface area contributed by atoms with E-state index < -0.39 is 0 Å². The minimum atomic E-state index is 0. The van der Waals surface area contributed by atoms with E-state index >= 15 is 0 Å². The molecule has 0 saturated heterocycles. The Morgan fingerprint density at radius 3 is 0.500 bits per heavy atom. The SMILES string of the molecule is CNC.CNC.CNC.[Ga]. The van der Waals surface area contributed by atoms with Gasteiger partial charge in [0.1, 0.15) is 0 Å². The van der Waals surface area contributed by atoms with Crippen LogP contribution >= 0.6 is 0 Å². The van der Waals surface area contributed by atoms with Gasteiger partial charge in [-0.15, -0.1) is 0 Å². The summed E-state index contributed by atoms with van der Waals surface area (Å²) < 4.78 is 0. The Bertz CT molecular complexity index is 17.7. The summed E-state index contributed by atoms with van der Waals surface area (Å²) in [6.07, 6.45) is 0. The van der Waals surface area contributed by atoms with Gasteiger partial charge in [-0.2, -0.15) is 0 Å². The van der Waals surface area contributed by atoms with Gasteiger partial charge in [-0.1, -0.05) is 0 Å². The van der Waals surface area contributed by atoms with Crippen LogP contribution in [0.5, 0.6) is 0 Å². The molecule has 63 valence electrons. The molecule has 3 nitrogen and oxygen atoms in total. The first kappa shape index (κ1) is 22.4. The van der Waals surface area contributed by atoms with Crippen LogP contribution in [0.2, 0.25) is 0 Å². The molecular formula is C6H21GaN3. The molecule has 0 bridgehead atoms. The van der Waals surface area contributed by atoms with E-state index in [0.29, 0.717) is 0 Å². The van der Waals surface area contributed by atoms with Crippen LogP contribution in [0.15, 0.2) is 0 Å². The van der Waals surface area contributed by atoms with E-state index in [2.05, 4.69) is 16.0 Å². The summed E-state index contributed by atoms with van der Waals surface area (Å²) in [5, 5.41) is 8.25. The Balaban J connectivity index is -0.0000000257. The van der Waals surface area contributed by atoms with Crippen LogP contribution in [0.25, 0.3) is 0 Å². The van der Waals surface area contributed by atoms with Gasteiger partial charge < -0.3 is 16.0 Å². The minimum absolute atomic E-state index is 0. The smallest absolute Gasteiger partial charge is 0 e. The fourth-order valence-corrected chi connectivity index (χ4v) is 0. The minimum Gasteiger partial charge on any atom is -0.323 e. The first-order valence-electron chi connectivity index (χ1n) is 3.00. The second kappa shape index (κ2) is 55.8. The first-order chi connectivity index (χ1) is 4.24. The van der Waals surface area contributed by atoms with Crippen LogP contribution in [0.4, 0.5) is 0 Å². The van der Waals surface area contributed by atoms with Gasteiger partial charge in [-0.05, 0) is 42.3 Å².